The average Bonchev–Trinajstić information content (AvgIpc) is 3.29. The van der Waals surface area contributed by atoms with Crippen molar-refractivity contribution in [2.45, 2.75) is 0 Å². The Morgan fingerprint density at radius 3 is 2.35 bits per heavy atom. The van der Waals surface area contributed by atoms with Crippen LogP contribution in [0.1, 0.15) is 0 Å². The molecule has 0 saturated heterocycles. The molecule has 0 atom stereocenters. The van der Waals surface area contributed by atoms with Crippen LogP contribution in [0.15, 0.2) is 84.2 Å². The topological polar surface area (TPSA) is 94.4 Å². The molecule has 7 nitrogen and oxygen atoms in total. The lowest BCUT2D eigenvalue weighted by Crippen LogP contribution is -2.20. The first-order valence-corrected chi connectivity index (χ1v) is 10.2. The van der Waals surface area contributed by atoms with Gasteiger partial charge in [-0.3, -0.25) is 14.9 Å². The number of hydrogen-bond acceptors (Lipinski definition) is 6. The van der Waals surface area contributed by atoms with Crippen LogP contribution in [-0.4, -0.2) is 22.4 Å². The van der Waals surface area contributed by atoms with Crippen molar-refractivity contribution in [3.63, 3.8) is 0 Å². The normalized spacial score (nSPS) is 10.5. The van der Waals surface area contributed by atoms with Crippen LogP contribution in [0, 0.1) is 10.1 Å². The largest absolute Gasteiger partial charge is 0.484 e. The van der Waals surface area contributed by atoms with Crippen LogP contribution in [0.4, 0.5) is 11.4 Å². The highest BCUT2D eigenvalue weighted by Crippen LogP contribution is 2.29. The number of hydrogen-bond donors (Lipinski definition) is 1. The van der Waals surface area contributed by atoms with E-state index >= 15 is 0 Å². The summed E-state index contributed by atoms with van der Waals surface area (Å²) in [5.41, 5.74) is 3.52. The molecule has 1 heterocycles. The molecule has 4 aromatic rings. The van der Waals surface area contributed by atoms with E-state index in [1.807, 2.05) is 47.8 Å². The van der Waals surface area contributed by atoms with E-state index in [0.29, 0.717) is 11.4 Å². The Morgan fingerprint density at radius 1 is 0.968 bits per heavy atom. The summed E-state index contributed by atoms with van der Waals surface area (Å²) in [5, 5.41) is 16.4. The van der Waals surface area contributed by atoms with Crippen LogP contribution in [0.5, 0.6) is 5.75 Å². The van der Waals surface area contributed by atoms with Crippen LogP contribution in [-0.2, 0) is 4.79 Å². The predicted molar refractivity (Wildman–Crippen MR) is 120 cm³/mol. The molecule has 0 saturated carbocycles. The first-order chi connectivity index (χ1) is 15.1. The zero-order chi connectivity index (χ0) is 21.6. The van der Waals surface area contributed by atoms with Crippen molar-refractivity contribution >= 4 is 28.6 Å². The van der Waals surface area contributed by atoms with E-state index in [2.05, 4.69) is 5.32 Å². The van der Waals surface area contributed by atoms with Crippen molar-refractivity contribution in [3.8, 4) is 27.6 Å². The molecule has 0 bridgehead atoms. The average molecular weight is 431 g/mol. The maximum absolute atomic E-state index is 12.1. The van der Waals surface area contributed by atoms with Gasteiger partial charge in [0.05, 0.1) is 10.6 Å². The van der Waals surface area contributed by atoms with Gasteiger partial charge in [0.25, 0.3) is 11.6 Å². The van der Waals surface area contributed by atoms with Gasteiger partial charge < -0.3 is 10.1 Å². The molecule has 3 aromatic carbocycles. The molecule has 0 aliphatic carbocycles. The molecule has 0 radical (unpaired) electrons. The van der Waals surface area contributed by atoms with Crippen LogP contribution in [0.3, 0.4) is 0 Å². The monoisotopic (exact) mass is 431 g/mol. The fraction of sp³-hybridized carbons (Fsp3) is 0.0435. The van der Waals surface area contributed by atoms with E-state index < -0.39 is 4.92 Å². The van der Waals surface area contributed by atoms with Crippen molar-refractivity contribution < 1.29 is 14.5 Å². The summed E-state index contributed by atoms with van der Waals surface area (Å²) in [5.74, 6) is 0.0555. The molecule has 0 aliphatic heterocycles. The Kier molecular flexibility index (Phi) is 6.00. The second kappa shape index (κ2) is 9.19. The number of non-ortho nitro benzene ring substituents is 1. The number of thiazole rings is 1. The number of nitrogens with zero attached hydrogens (tertiary/aromatic N) is 2. The molecule has 1 N–H and O–H groups in total. The quantitative estimate of drug-likeness (QED) is 0.312. The van der Waals surface area contributed by atoms with E-state index in [0.717, 1.165) is 21.8 Å². The van der Waals surface area contributed by atoms with Crippen molar-refractivity contribution in [1.82, 2.24) is 4.98 Å². The molecular weight excluding hydrogens is 414 g/mol. The lowest BCUT2D eigenvalue weighted by molar-refractivity contribution is -0.384. The number of carbonyl (C=O) groups is 1. The van der Waals surface area contributed by atoms with Crippen LogP contribution >= 0.6 is 11.3 Å². The van der Waals surface area contributed by atoms with Gasteiger partial charge in [0.2, 0.25) is 0 Å². The third kappa shape index (κ3) is 5.12. The van der Waals surface area contributed by atoms with E-state index in [1.54, 1.807) is 23.5 Å². The summed E-state index contributed by atoms with van der Waals surface area (Å²) in [7, 11) is 0. The third-order valence-corrected chi connectivity index (χ3v) is 5.30. The molecule has 0 fully saturated rings. The van der Waals surface area contributed by atoms with Gasteiger partial charge in [0, 0.05) is 34.3 Å². The van der Waals surface area contributed by atoms with Gasteiger partial charge >= 0.3 is 0 Å². The molecule has 4 rings (SSSR count). The van der Waals surface area contributed by atoms with Gasteiger partial charge in [-0.05, 0) is 24.3 Å². The molecule has 8 heteroatoms. The summed E-state index contributed by atoms with van der Waals surface area (Å²) >= 11 is 1.58. The Morgan fingerprint density at radius 2 is 1.68 bits per heavy atom. The standard InChI is InChI=1S/C23H17N3O4S/c27-22(14-30-20-12-10-19(11-13-20)26(28)29)24-18-8-6-16(7-9-18)21-15-31-23(25-21)17-4-2-1-3-5-17/h1-13,15H,14H2,(H,24,27). The predicted octanol–water partition coefficient (Wildman–Crippen LogP) is 5.40. The first-order valence-electron chi connectivity index (χ1n) is 9.37. The van der Waals surface area contributed by atoms with Crippen LogP contribution in [0.2, 0.25) is 0 Å². The minimum atomic E-state index is -0.492. The summed E-state index contributed by atoms with van der Waals surface area (Å²) in [6, 6.07) is 23.0. The van der Waals surface area contributed by atoms with Gasteiger partial charge in [0.15, 0.2) is 6.61 Å². The number of nitro groups is 1. The zero-order valence-electron chi connectivity index (χ0n) is 16.2. The van der Waals surface area contributed by atoms with Crippen LogP contribution in [0.25, 0.3) is 21.8 Å². The van der Waals surface area contributed by atoms with E-state index in [1.165, 1.54) is 24.3 Å². The second-order valence-corrected chi connectivity index (χ2v) is 7.43. The Labute approximate surface area is 182 Å². The van der Waals surface area contributed by atoms with Crippen molar-refractivity contribution in [1.29, 1.82) is 0 Å². The minimum Gasteiger partial charge on any atom is -0.484 e. The zero-order valence-corrected chi connectivity index (χ0v) is 17.0. The summed E-state index contributed by atoms with van der Waals surface area (Å²) in [6.07, 6.45) is 0. The lowest BCUT2D eigenvalue weighted by atomic mass is 10.1. The Bertz CT molecular complexity index is 1190. The molecular formula is C23H17N3O4S. The van der Waals surface area contributed by atoms with Crippen molar-refractivity contribution in [3.05, 3.63) is 94.4 Å². The first kappa shape index (κ1) is 20.2. The van der Waals surface area contributed by atoms with Gasteiger partial charge in [0.1, 0.15) is 10.8 Å². The van der Waals surface area contributed by atoms with Gasteiger partial charge in [-0.25, -0.2) is 4.98 Å². The molecule has 1 amide bonds. The minimum absolute atomic E-state index is 0.0344. The number of amides is 1. The number of nitrogens with one attached hydrogen (secondary N) is 1. The molecule has 31 heavy (non-hydrogen) atoms. The van der Waals surface area contributed by atoms with E-state index in [-0.39, 0.29) is 18.2 Å². The summed E-state index contributed by atoms with van der Waals surface area (Å²) in [4.78, 5) is 27.0. The van der Waals surface area contributed by atoms with Crippen molar-refractivity contribution in [2.75, 3.05) is 11.9 Å². The molecule has 1 aromatic heterocycles. The molecule has 0 spiro atoms. The highest BCUT2D eigenvalue weighted by molar-refractivity contribution is 7.13. The number of carbonyl (C=O) groups excluding carboxylic acids is 1. The fourth-order valence-electron chi connectivity index (χ4n) is 2.85. The van der Waals surface area contributed by atoms with Gasteiger partial charge in [-0.1, -0.05) is 42.5 Å². The summed E-state index contributed by atoms with van der Waals surface area (Å²) < 4.78 is 5.37. The number of rotatable bonds is 7. The highest BCUT2D eigenvalue weighted by Gasteiger charge is 2.09. The van der Waals surface area contributed by atoms with E-state index in [9.17, 15) is 14.9 Å². The number of anilines is 1. The van der Waals surface area contributed by atoms with Gasteiger partial charge in [-0.15, -0.1) is 11.3 Å². The van der Waals surface area contributed by atoms with Crippen LogP contribution < -0.4 is 10.1 Å². The van der Waals surface area contributed by atoms with Crippen molar-refractivity contribution in [2.24, 2.45) is 0 Å². The lowest BCUT2D eigenvalue weighted by Gasteiger charge is -2.08. The maximum atomic E-state index is 12.1. The smallest absolute Gasteiger partial charge is 0.269 e. The Balaban J connectivity index is 1.33. The van der Waals surface area contributed by atoms with E-state index in [4.69, 9.17) is 9.72 Å². The Hall–Kier alpha value is -4.04. The molecule has 0 aliphatic rings. The maximum Gasteiger partial charge on any atom is 0.269 e. The molecule has 154 valence electrons. The number of aromatic nitrogens is 1. The third-order valence-electron chi connectivity index (χ3n) is 4.41. The summed E-state index contributed by atoms with van der Waals surface area (Å²) in [6.45, 7) is -0.202. The van der Waals surface area contributed by atoms with Gasteiger partial charge in [-0.2, -0.15) is 0 Å². The number of nitro benzene ring substituents is 1. The second-order valence-electron chi connectivity index (χ2n) is 6.57. The SMILES string of the molecule is O=C(COc1ccc([N+](=O)[O-])cc1)Nc1ccc(-c2csc(-c3ccccc3)n2)cc1. The fourth-order valence-corrected chi connectivity index (χ4v) is 3.69. The molecule has 0 unspecified atom stereocenters. The number of benzene rings is 3. The highest BCUT2D eigenvalue weighted by atomic mass is 32.1. The number of ether oxygens (including phenoxy) is 1.